The highest BCUT2D eigenvalue weighted by Gasteiger charge is 2.43. The standard InChI is InChI=1S/C38H26F7N3O3S/c1-21-11-8-9-16-24(21)19-27(47-35(49)23-14-6-3-7-15-23)36(50)46-25-17-10-18-26(20-25)52-34(22-12-4-2-5-13-22)37(51)48-33-31(41)29(39)28(38(43,44)45)30(40)32(33)42/h2-20,34H,1H3,(H,46,50)(H,47,49)(H,48,51)/b27-19-. The molecule has 5 rings (SSSR count). The Morgan fingerprint density at radius 2 is 1.31 bits per heavy atom. The molecule has 0 spiro atoms. The lowest BCUT2D eigenvalue weighted by Gasteiger charge is -2.19. The van der Waals surface area contributed by atoms with Crippen LogP contribution in [0.2, 0.25) is 0 Å². The van der Waals surface area contributed by atoms with Crippen LogP contribution in [-0.4, -0.2) is 17.7 Å². The molecule has 6 nitrogen and oxygen atoms in total. The molecular formula is C38H26F7N3O3S. The van der Waals surface area contributed by atoms with Crippen LogP contribution in [0.25, 0.3) is 6.08 Å². The molecule has 0 aliphatic rings. The van der Waals surface area contributed by atoms with E-state index in [1.54, 1.807) is 53.8 Å². The Labute approximate surface area is 296 Å². The van der Waals surface area contributed by atoms with Gasteiger partial charge in [0.1, 0.15) is 22.2 Å². The van der Waals surface area contributed by atoms with Crippen LogP contribution in [0.5, 0.6) is 0 Å². The van der Waals surface area contributed by atoms with Gasteiger partial charge in [-0.15, -0.1) is 11.8 Å². The van der Waals surface area contributed by atoms with Crippen molar-refractivity contribution in [1.29, 1.82) is 0 Å². The van der Waals surface area contributed by atoms with Gasteiger partial charge in [0.25, 0.3) is 11.8 Å². The maximum absolute atomic E-state index is 14.7. The van der Waals surface area contributed by atoms with E-state index in [1.807, 2.05) is 19.1 Å². The van der Waals surface area contributed by atoms with Crippen LogP contribution in [0, 0.1) is 30.2 Å². The van der Waals surface area contributed by atoms with Gasteiger partial charge < -0.3 is 16.0 Å². The van der Waals surface area contributed by atoms with Gasteiger partial charge in [0.15, 0.2) is 23.3 Å². The maximum atomic E-state index is 14.7. The van der Waals surface area contributed by atoms with Crippen molar-refractivity contribution in [2.45, 2.75) is 23.2 Å². The van der Waals surface area contributed by atoms with Crippen LogP contribution in [0.4, 0.5) is 42.1 Å². The Balaban J connectivity index is 1.42. The Morgan fingerprint density at radius 3 is 1.92 bits per heavy atom. The maximum Gasteiger partial charge on any atom is 0.422 e. The molecule has 0 aromatic heterocycles. The van der Waals surface area contributed by atoms with Crippen LogP contribution in [0.1, 0.15) is 37.9 Å². The summed E-state index contributed by atoms with van der Waals surface area (Å²) in [5, 5.41) is 5.66. The Kier molecular flexibility index (Phi) is 11.5. The summed E-state index contributed by atoms with van der Waals surface area (Å²) < 4.78 is 97.3. The van der Waals surface area contributed by atoms with E-state index in [2.05, 4.69) is 10.6 Å². The lowest BCUT2D eigenvalue weighted by atomic mass is 10.1. The van der Waals surface area contributed by atoms with Crippen LogP contribution in [0.3, 0.4) is 0 Å². The van der Waals surface area contributed by atoms with Crippen molar-refractivity contribution >= 4 is 46.9 Å². The second-order valence-corrected chi connectivity index (χ2v) is 12.3. The molecule has 0 aliphatic heterocycles. The molecule has 3 N–H and O–H groups in total. The van der Waals surface area contributed by atoms with Crippen molar-refractivity contribution in [3.05, 3.63) is 166 Å². The largest absolute Gasteiger partial charge is 0.422 e. The number of aryl methyl sites for hydroxylation is 1. The van der Waals surface area contributed by atoms with E-state index < -0.39 is 63.7 Å². The normalized spacial score (nSPS) is 12.2. The number of hydrogen-bond donors (Lipinski definition) is 3. The van der Waals surface area contributed by atoms with Crippen molar-refractivity contribution in [2.24, 2.45) is 0 Å². The predicted molar refractivity (Wildman–Crippen MR) is 183 cm³/mol. The van der Waals surface area contributed by atoms with Crippen molar-refractivity contribution in [3.8, 4) is 0 Å². The fraction of sp³-hybridized carbons (Fsp3) is 0.0789. The summed E-state index contributed by atoms with van der Waals surface area (Å²) in [6, 6.07) is 29.0. The second-order valence-electron chi connectivity index (χ2n) is 11.1. The number of amides is 3. The number of rotatable bonds is 10. The Morgan fingerprint density at radius 1 is 0.712 bits per heavy atom. The molecular weight excluding hydrogens is 711 g/mol. The van der Waals surface area contributed by atoms with Crippen molar-refractivity contribution in [3.63, 3.8) is 0 Å². The summed E-state index contributed by atoms with van der Waals surface area (Å²) in [5.74, 6) is -12.8. The molecule has 5 aromatic rings. The van der Waals surface area contributed by atoms with Gasteiger partial charge in [-0.25, -0.2) is 17.6 Å². The van der Waals surface area contributed by atoms with E-state index in [0.717, 1.165) is 17.3 Å². The van der Waals surface area contributed by atoms with Crippen LogP contribution in [-0.2, 0) is 15.8 Å². The number of benzene rings is 5. The minimum Gasteiger partial charge on any atom is -0.321 e. The van der Waals surface area contributed by atoms with Gasteiger partial charge in [-0.3, -0.25) is 14.4 Å². The van der Waals surface area contributed by atoms with Crippen LogP contribution >= 0.6 is 11.8 Å². The molecule has 266 valence electrons. The van der Waals surface area contributed by atoms with Crippen molar-refractivity contribution < 1.29 is 45.1 Å². The quantitative estimate of drug-likeness (QED) is 0.0577. The molecule has 0 aliphatic carbocycles. The summed E-state index contributed by atoms with van der Waals surface area (Å²) in [4.78, 5) is 40.4. The third kappa shape index (κ3) is 8.69. The third-order valence-electron chi connectivity index (χ3n) is 7.50. The Hall–Kier alpha value is -5.89. The average molecular weight is 738 g/mol. The van der Waals surface area contributed by atoms with Gasteiger partial charge in [0.2, 0.25) is 5.91 Å². The zero-order chi connectivity index (χ0) is 37.6. The number of halogens is 7. The fourth-order valence-electron chi connectivity index (χ4n) is 4.91. The molecule has 0 bridgehead atoms. The van der Waals surface area contributed by atoms with E-state index >= 15 is 0 Å². The van der Waals surface area contributed by atoms with Crippen LogP contribution < -0.4 is 16.0 Å². The number of hydrogen-bond acceptors (Lipinski definition) is 4. The fourth-order valence-corrected chi connectivity index (χ4v) is 5.99. The molecule has 0 saturated heterocycles. The summed E-state index contributed by atoms with van der Waals surface area (Å²) >= 11 is 0.799. The number of thioether (sulfide) groups is 1. The summed E-state index contributed by atoms with van der Waals surface area (Å²) in [6.07, 6.45) is -4.25. The smallest absolute Gasteiger partial charge is 0.321 e. The van der Waals surface area contributed by atoms with Gasteiger partial charge >= 0.3 is 6.18 Å². The van der Waals surface area contributed by atoms with E-state index in [4.69, 9.17) is 0 Å². The highest BCUT2D eigenvalue weighted by Crippen LogP contribution is 2.41. The lowest BCUT2D eigenvalue weighted by molar-refractivity contribution is -0.143. The summed E-state index contributed by atoms with van der Waals surface area (Å²) in [5.41, 5.74) is -2.37. The van der Waals surface area contributed by atoms with E-state index in [-0.39, 0.29) is 16.9 Å². The molecule has 0 fully saturated rings. The summed E-state index contributed by atoms with van der Waals surface area (Å²) in [7, 11) is 0. The molecule has 0 saturated carbocycles. The average Bonchev–Trinajstić information content (AvgIpc) is 3.12. The lowest BCUT2D eigenvalue weighted by Crippen LogP contribution is -2.30. The van der Waals surface area contributed by atoms with E-state index in [1.165, 1.54) is 54.6 Å². The monoisotopic (exact) mass is 737 g/mol. The Bertz CT molecular complexity index is 2130. The predicted octanol–water partition coefficient (Wildman–Crippen LogP) is 9.45. The number of alkyl halides is 3. The highest BCUT2D eigenvalue weighted by atomic mass is 32.2. The van der Waals surface area contributed by atoms with Crippen molar-refractivity contribution in [1.82, 2.24) is 5.32 Å². The number of anilines is 2. The first-order valence-corrected chi connectivity index (χ1v) is 16.1. The van der Waals surface area contributed by atoms with E-state index in [9.17, 15) is 45.1 Å². The molecule has 1 atom stereocenters. The van der Waals surface area contributed by atoms with Crippen LogP contribution in [0.15, 0.2) is 120 Å². The highest BCUT2D eigenvalue weighted by molar-refractivity contribution is 8.00. The first-order valence-electron chi connectivity index (χ1n) is 15.2. The first-order chi connectivity index (χ1) is 24.7. The van der Waals surface area contributed by atoms with Gasteiger partial charge in [-0.1, -0.05) is 78.9 Å². The van der Waals surface area contributed by atoms with Gasteiger partial charge in [-0.2, -0.15) is 13.2 Å². The van der Waals surface area contributed by atoms with Gasteiger partial charge in [0.05, 0.1) is 0 Å². The molecule has 14 heteroatoms. The molecule has 5 aromatic carbocycles. The number of carbonyl (C=O) groups excluding carboxylic acids is 3. The zero-order valence-corrected chi connectivity index (χ0v) is 27.6. The molecule has 52 heavy (non-hydrogen) atoms. The first kappa shape index (κ1) is 37.4. The number of carbonyl (C=O) groups is 3. The van der Waals surface area contributed by atoms with Gasteiger partial charge in [-0.05, 0) is 60.0 Å². The molecule has 0 heterocycles. The summed E-state index contributed by atoms with van der Waals surface area (Å²) in [6.45, 7) is 1.83. The topological polar surface area (TPSA) is 87.3 Å². The second kappa shape index (κ2) is 16.0. The zero-order valence-electron chi connectivity index (χ0n) is 26.8. The third-order valence-corrected chi connectivity index (χ3v) is 8.75. The minimum atomic E-state index is -5.76. The SMILES string of the molecule is Cc1ccccc1/C=C(\NC(=O)c1ccccc1)C(=O)Nc1cccc(SC(C(=O)Nc2c(F)c(F)c(C(F)(F)F)c(F)c2F)c2ccccc2)c1. The minimum absolute atomic E-state index is 0.0946. The van der Waals surface area contributed by atoms with Gasteiger partial charge in [0, 0.05) is 16.1 Å². The molecule has 1 unspecified atom stereocenters. The number of nitrogens with one attached hydrogen (secondary N) is 3. The molecule has 0 radical (unpaired) electrons. The molecule has 3 amide bonds. The van der Waals surface area contributed by atoms with E-state index in [0.29, 0.717) is 16.0 Å². The van der Waals surface area contributed by atoms with Crippen molar-refractivity contribution in [2.75, 3.05) is 10.6 Å².